The van der Waals surface area contributed by atoms with E-state index in [2.05, 4.69) is 4.99 Å². The molecule has 4 nitrogen and oxygen atoms in total. The van der Waals surface area contributed by atoms with Crippen LogP contribution in [0.15, 0.2) is 16.8 Å². The SMILES string of the molecule is COC/C(N)=C/C1=NCCO1. The fourth-order valence-electron chi connectivity index (χ4n) is 0.806. The van der Waals surface area contributed by atoms with E-state index >= 15 is 0 Å². The Balaban J connectivity index is 2.42. The first kappa shape index (κ1) is 8.07. The Kier molecular flexibility index (Phi) is 2.92. The van der Waals surface area contributed by atoms with E-state index in [-0.39, 0.29) is 0 Å². The fraction of sp³-hybridized carbons (Fsp3) is 0.571. The van der Waals surface area contributed by atoms with Crippen molar-refractivity contribution in [2.75, 3.05) is 26.9 Å². The van der Waals surface area contributed by atoms with Gasteiger partial charge in [0.1, 0.15) is 6.61 Å². The molecule has 4 heteroatoms. The van der Waals surface area contributed by atoms with Crippen LogP contribution >= 0.6 is 0 Å². The van der Waals surface area contributed by atoms with Crippen LogP contribution in [-0.4, -0.2) is 32.8 Å². The van der Waals surface area contributed by atoms with Crippen LogP contribution in [-0.2, 0) is 9.47 Å². The van der Waals surface area contributed by atoms with Gasteiger partial charge >= 0.3 is 0 Å². The van der Waals surface area contributed by atoms with Gasteiger partial charge in [-0.15, -0.1) is 0 Å². The molecule has 2 N–H and O–H groups in total. The smallest absolute Gasteiger partial charge is 0.210 e. The van der Waals surface area contributed by atoms with Crippen LogP contribution in [0.4, 0.5) is 0 Å². The first-order valence-corrected chi connectivity index (χ1v) is 3.45. The van der Waals surface area contributed by atoms with Crippen molar-refractivity contribution in [1.29, 1.82) is 0 Å². The second kappa shape index (κ2) is 3.98. The monoisotopic (exact) mass is 156 g/mol. The van der Waals surface area contributed by atoms with Crippen molar-refractivity contribution in [3.63, 3.8) is 0 Å². The summed E-state index contributed by atoms with van der Waals surface area (Å²) in [6.45, 7) is 1.81. The molecule has 0 saturated heterocycles. The van der Waals surface area contributed by atoms with Crippen molar-refractivity contribution in [3.05, 3.63) is 11.8 Å². The number of nitrogens with two attached hydrogens (primary N) is 1. The molecule has 0 aromatic carbocycles. The molecule has 0 fully saturated rings. The number of nitrogens with zero attached hydrogens (tertiary/aromatic N) is 1. The van der Waals surface area contributed by atoms with Gasteiger partial charge in [-0.3, -0.25) is 0 Å². The first-order chi connectivity index (χ1) is 5.33. The van der Waals surface area contributed by atoms with Crippen LogP contribution < -0.4 is 5.73 Å². The second-order valence-electron chi connectivity index (χ2n) is 2.22. The van der Waals surface area contributed by atoms with E-state index in [1.807, 2.05) is 0 Å². The van der Waals surface area contributed by atoms with Crippen LogP contribution in [0.1, 0.15) is 0 Å². The average molecular weight is 156 g/mol. The highest BCUT2D eigenvalue weighted by atomic mass is 16.5. The summed E-state index contributed by atoms with van der Waals surface area (Å²) in [5, 5.41) is 0. The van der Waals surface area contributed by atoms with Crippen molar-refractivity contribution in [1.82, 2.24) is 0 Å². The quantitative estimate of drug-likeness (QED) is 0.621. The van der Waals surface area contributed by atoms with Crippen LogP contribution in [0.3, 0.4) is 0 Å². The maximum atomic E-state index is 5.54. The highest BCUT2D eigenvalue weighted by Gasteiger charge is 2.03. The summed E-state index contributed by atoms with van der Waals surface area (Å²) in [7, 11) is 1.60. The molecule has 0 amide bonds. The summed E-state index contributed by atoms with van der Waals surface area (Å²) >= 11 is 0. The lowest BCUT2D eigenvalue weighted by Crippen LogP contribution is -2.08. The summed E-state index contributed by atoms with van der Waals surface area (Å²) in [6, 6.07) is 0. The van der Waals surface area contributed by atoms with Gasteiger partial charge in [0.05, 0.1) is 13.2 Å². The van der Waals surface area contributed by atoms with E-state index in [9.17, 15) is 0 Å². The number of ether oxygens (including phenoxy) is 2. The normalized spacial score (nSPS) is 17.9. The summed E-state index contributed by atoms with van der Waals surface area (Å²) < 4.78 is 9.92. The minimum absolute atomic E-state index is 0.419. The van der Waals surface area contributed by atoms with Gasteiger partial charge in [-0.2, -0.15) is 0 Å². The van der Waals surface area contributed by atoms with Gasteiger partial charge in [-0.1, -0.05) is 0 Å². The van der Waals surface area contributed by atoms with Crippen LogP contribution in [0.25, 0.3) is 0 Å². The Labute approximate surface area is 65.7 Å². The molecule has 0 aliphatic carbocycles. The van der Waals surface area contributed by atoms with Crippen molar-refractivity contribution in [2.45, 2.75) is 0 Å². The third kappa shape index (κ3) is 2.59. The maximum absolute atomic E-state index is 5.54. The third-order valence-electron chi connectivity index (χ3n) is 1.23. The largest absolute Gasteiger partial charge is 0.476 e. The van der Waals surface area contributed by atoms with Crippen LogP contribution in [0.5, 0.6) is 0 Å². The van der Waals surface area contributed by atoms with Crippen molar-refractivity contribution < 1.29 is 9.47 Å². The Morgan fingerprint density at radius 3 is 3.27 bits per heavy atom. The number of aliphatic imine (C=N–C) groups is 1. The zero-order valence-corrected chi connectivity index (χ0v) is 6.54. The zero-order chi connectivity index (χ0) is 8.10. The lowest BCUT2D eigenvalue weighted by molar-refractivity contribution is 0.224. The number of methoxy groups -OCH3 is 1. The highest BCUT2D eigenvalue weighted by Crippen LogP contribution is 1.97. The van der Waals surface area contributed by atoms with E-state index in [1.165, 1.54) is 0 Å². The predicted molar refractivity (Wildman–Crippen MR) is 42.4 cm³/mol. The second-order valence-corrected chi connectivity index (χ2v) is 2.22. The summed E-state index contributed by atoms with van der Waals surface area (Å²) in [6.07, 6.45) is 1.69. The molecule has 1 heterocycles. The molecule has 0 unspecified atom stereocenters. The molecule has 0 radical (unpaired) electrons. The molecule has 0 aromatic rings. The zero-order valence-electron chi connectivity index (χ0n) is 6.54. The molecular formula is C7H12N2O2. The molecule has 0 saturated carbocycles. The van der Waals surface area contributed by atoms with Crippen molar-refractivity contribution >= 4 is 5.90 Å². The van der Waals surface area contributed by atoms with Crippen LogP contribution in [0.2, 0.25) is 0 Å². The summed E-state index contributed by atoms with van der Waals surface area (Å²) in [5.74, 6) is 0.611. The molecule has 1 rings (SSSR count). The van der Waals surface area contributed by atoms with Gasteiger partial charge in [0.2, 0.25) is 5.90 Å². The minimum atomic E-state index is 0.419. The highest BCUT2D eigenvalue weighted by molar-refractivity contribution is 5.89. The van der Waals surface area contributed by atoms with Crippen molar-refractivity contribution in [3.8, 4) is 0 Å². The Morgan fingerprint density at radius 2 is 2.73 bits per heavy atom. The molecule has 1 aliphatic heterocycles. The van der Waals surface area contributed by atoms with E-state index in [4.69, 9.17) is 15.2 Å². The molecule has 11 heavy (non-hydrogen) atoms. The fourth-order valence-corrected chi connectivity index (χ4v) is 0.806. The number of hydrogen-bond acceptors (Lipinski definition) is 4. The molecule has 0 spiro atoms. The molecular weight excluding hydrogens is 144 g/mol. The lowest BCUT2D eigenvalue weighted by Gasteiger charge is -1.98. The first-order valence-electron chi connectivity index (χ1n) is 3.45. The number of hydrogen-bond donors (Lipinski definition) is 1. The Bertz CT molecular complexity index is 187. The van der Waals surface area contributed by atoms with Gasteiger partial charge in [0, 0.05) is 18.9 Å². The van der Waals surface area contributed by atoms with Gasteiger partial charge in [0.25, 0.3) is 0 Å². The third-order valence-corrected chi connectivity index (χ3v) is 1.23. The molecule has 0 bridgehead atoms. The molecule has 0 atom stereocenters. The molecule has 1 aliphatic rings. The van der Waals surface area contributed by atoms with Gasteiger partial charge in [0.15, 0.2) is 0 Å². The number of rotatable bonds is 3. The summed E-state index contributed by atoms with van der Waals surface area (Å²) in [5.41, 5.74) is 6.17. The van der Waals surface area contributed by atoms with Crippen LogP contribution in [0, 0.1) is 0 Å². The Morgan fingerprint density at radius 1 is 1.91 bits per heavy atom. The van der Waals surface area contributed by atoms with E-state index < -0.39 is 0 Å². The van der Waals surface area contributed by atoms with Crippen molar-refractivity contribution in [2.24, 2.45) is 10.7 Å². The predicted octanol–water partition coefficient (Wildman–Crippen LogP) is -0.0959. The Hall–Kier alpha value is -1.03. The summed E-state index contributed by atoms with van der Waals surface area (Å²) in [4.78, 5) is 4.04. The van der Waals surface area contributed by atoms with Gasteiger partial charge in [-0.05, 0) is 0 Å². The topological polar surface area (TPSA) is 56.8 Å². The standard InChI is InChI=1S/C7H12N2O2/c1-10-5-6(8)4-7-9-2-3-11-7/h4H,2-3,5,8H2,1H3/b6-4-. The van der Waals surface area contributed by atoms with E-state index in [1.54, 1.807) is 13.2 Å². The maximum Gasteiger partial charge on any atom is 0.210 e. The van der Waals surface area contributed by atoms with Gasteiger partial charge in [-0.25, -0.2) is 4.99 Å². The van der Waals surface area contributed by atoms with Gasteiger partial charge < -0.3 is 15.2 Å². The minimum Gasteiger partial charge on any atom is -0.476 e. The molecule has 0 aromatic heterocycles. The average Bonchev–Trinajstić information content (AvgIpc) is 2.40. The lowest BCUT2D eigenvalue weighted by atomic mass is 10.4. The van der Waals surface area contributed by atoms with E-state index in [0.29, 0.717) is 24.8 Å². The van der Waals surface area contributed by atoms with E-state index in [0.717, 1.165) is 6.54 Å². The molecule has 62 valence electrons.